The third kappa shape index (κ3) is 6.79. The summed E-state index contributed by atoms with van der Waals surface area (Å²) in [5.41, 5.74) is 5.81. The Kier molecular flexibility index (Phi) is 9.13. The maximum absolute atomic E-state index is 14.3. The van der Waals surface area contributed by atoms with E-state index in [1.165, 1.54) is 23.0 Å². The first kappa shape index (κ1) is 31.9. The zero-order valence-electron chi connectivity index (χ0n) is 24.3. The van der Waals surface area contributed by atoms with Gasteiger partial charge >= 0.3 is 6.18 Å². The number of alkyl halides is 3. The van der Waals surface area contributed by atoms with Gasteiger partial charge in [-0.1, -0.05) is 19.1 Å². The molecular formula is C33H30F6N4O2. The summed E-state index contributed by atoms with van der Waals surface area (Å²) in [6.45, 7) is 1.68. The number of hydrogen-bond donors (Lipinski definition) is 1. The number of halogens is 6. The number of primary amides is 1. The highest BCUT2D eigenvalue weighted by Crippen LogP contribution is 2.39. The van der Waals surface area contributed by atoms with Crippen molar-refractivity contribution in [3.05, 3.63) is 106 Å². The highest BCUT2D eigenvalue weighted by molar-refractivity contribution is 5.94. The standard InChI is InChI=1S/C33H30F6N4O2/c1-2-27(43-28-8-4-3-6-24(28)31(42-43)33(37,38)39)29(44)16-20(12-18-13-21(34)17-22(35)14-18)30-23(7-5-11-41-30)19-9-10-26(36)25(15-19)32(40)45/h5,7,9-11,13-15,17,20,27H,2-4,6,8,12,16H2,1H3,(H2,40,45)/t20-,27?/m1/s1. The van der Waals surface area contributed by atoms with Crippen LogP contribution in [0.5, 0.6) is 0 Å². The van der Waals surface area contributed by atoms with Gasteiger partial charge < -0.3 is 5.73 Å². The fourth-order valence-electron chi connectivity index (χ4n) is 6.17. The molecule has 2 aromatic carbocycles. The van der Waals surface area contributed by atoms with Crippen LogP contribution in [0.1, 0.15) is 83.1 Å². The summed E-state index contributed by atoms with van der Waals surface area (Å²) in [6, 6.07) is 8.91. The molecule has 2 heterocycles. The number of ketones is 1. The van der Waals surface area contributed by atoms with Gasteiger partial charge in [-0.3, -0.25) is 19.3 Å². The summed E-state index contributed by atoms with van der Waals surface area (Å²) < 4.78 is 85.7. The number of benzene rings is 2. The van der Waals surface area contributed by atoms with Crippen molar-refractivity contribution in [1.82, 2.24) is 14.8 Å². The zero-order valence-corrected chi connectivity index (χ0v) is 24.3. The molecule has 2 N–H and O–H groups in total. The fraction of sp³-hybridized carbons (Fsp3) is 0.333. The summed E-state index contributed by atoms with van der Waals surface area (Å²) in [5, 5.41) is 3.92. The molecule has 0 radical (unpaired) electrons. The second-order valence-electron chi connectivity index (χ2n) is 11.2. The Morgan fingerprint density at radius 3 is 2.38 bits per heavy atom. The van der Waals surface area contributed by atoms with E-state index in [0.29, 0.717) is 47.8 Å². The van der Waals surface area contributed by atoms with Crippen LogP contribution in [0.15, 0.2) is 54.7 Å². The Hall–Kier alpha value is -4.48. The van der Waals surface area contributed by atoms with Crippen LogP contribution in [0.25, 0.3) is 11.1 Å². The molecule has 1 unspecified atom stereocenters. The van der Waals surface area contributed by atoms with Crippen LogP contribution >= 0.6 is 0 Å². The number of fused-ring (bicyclic) bond motifs is 1. The first-order chi connectivity index (χ1) is 21.4. The van der Waals surface area contributed by atoms with E-state index in [0.717, 1.165) is 18.2 Å². The van der Waals surface area contributed by atoms with Crippen LogP contribution in [0, 0.1) is 17.5 Å². The van der Waals surface area contributed by atoms with Crippen LogP contribution in [0.4, 0.5) is 26.3 Å². The maximum atomic E-state index is 14.3. The summed E-state index contributed by atoms with van der Waals surface area (Å²) in [6.07, 6.45) is -1.58. The van der Waals surface area contributed by atoms with Crippen molar-refractivity contribution in [3.8, 4) is 11.1 Å². The lowest BCUT2D eigenvalue weighted by Gasteiger charge is -2.24. The average molecular weight is 629 g/mol. The van der Waals surface area contributed by atoms with Gasteiger partial charge in [0.25, 0.3) is 5.91 Å². The second-order valence-corrected chi connectivity index (χ2v) is 11.2. The normalized spacial score (nSPS) is 14.6. The molecule has 236 valence electrons. The molecule has 0 saturated heterocycles. The van der Waals surface area contributed by atoms with Crippen molar-refractivity contribution < 1.29 is 35.9 Å². The molecule has 2 atom stereocenters. The van der Waals surface area contributed by atoms with Gasteiger partial charge in [-0.25, -0.2) is 13.2 Å². The quantitative estimate of drug-likeness (QED) is 0.187. The average Bonchev–Trinajstić information content (AvgIpc) is 3.37. The largest absolute Gasteiger partial charge is 0.435 e. The molecule has 5 rings (SSSR count). The van der Waals surface area contributed by atoms with E-state index in [-0.39, 0.29) is 42.4 Å². The van der Waals surface area contributed by atoms with Gasteiger partial charge in [-0.05, 0) is 80.0 Å². The number of hydrogen-bond acceptors (Lipinski definition) is 4. The van der Waals surface area contributed by atoms with Gasteiger partial charge in [-0.15, -0.1) is 0 Å². The number of Topliss-reactive ketones (excluding diaryl/α,β-unsaturated/α-hetero) is 1. The number of nitrogens with two attached hydrogens (primary N) is 1. The summed E-state index contributed by atoms with van der Waals surface area (Å²) in [7, 11) is 0. The molecule has 0 aliphatic heterocycles. The molecule has 1 aliphatic carbocycles. The molecule has 0 saturated carbocycles. The fourth-order valence-corrected chi connectivity index (χ4v) is 6.17. The minimum absolute atomic E-state index is 0.0598. The highest BCUT2D eigenvalue weighted by atomic mass is 19.4. The van der Waals surface area contributed by atoms with Crippen LogP contribution < -0.4 is 5.73 Å². The minimum Gasteiger partial charge on any atom is -0.366 e. The van der Waals surface area contributed by atoms with Gasteiger partial charge in [0.15, 0.2) is 11.5 Å². The van der Waals surface area contributed by atoms with E-state index >= 15 is 0 Å². The Morgan fingerprint density at radius 2 is 1.71 bits per heavy atom. The highest BCUT2D eigenvalue weighted by Gasteiger charge is 2.41. The third-order valence-corrected chi connectivity index (χ3v) is 8.15. The molecule has 1 amide bonds. The van der Waals surface area contributed by atoms with Gasteiger partial charge in [0.05, 0.1) is 11.3 Å². The first-order valence-electron chi connectivity index (χ1n) is 14.6. The van der Waals surface area contributed by atoms with Crippen molar-refractivity contribution in [2.45, 2.75) is 70.0 Å². The van der Waals surface area contributed by atoms with Crippen LogP contribution in [0.2, 0.25) is 0 Å². The monoisotopic (exact) mass is 628 g/mol. The summed E-state index contributed by atoms with van der Waals surface area (Å²) in [5.74, 6) is -4.72. The number of aromatic nitrogens is 3. The van der Waals surface area contributed by atoms with E-state index in [1.54, 1.807) is 19.1 Å². The molecule has 6 nitrogen and oxygen atoms in total. The summed E-state index contributed by atoms with van der Waals surface area (Å²) in [4.78, 5) is 30.4. The van der Waals surface area contributed by atoms with Gasteiger partial charge in [-0.2, -0.15) is 18.3 Å². The third-order valence-electron chi connectivity index (χ3n) is 8.15. The lowest BCUT2D eigenvalue weighted by Crippen LogP contribution is -2.25. The predicted molar refractivity (Wildman–Crippen MR) is 154 cm³/mol. The molecule has 45 heavy (non-hydrogen) atoms. The van der Waals surface area contributed by atoms with Gasteiger partial charge in [0.1, 0.15) is 23.5 Å². The van der Waals surface area contributed by atoms with E-state index in [4.69, 9.17) is 5.73 Å². The Balaban J connectivity index is 1.58. The summed E-state index contributed by atoms with van der Waals surface area (Å²) >= 11 is 0. The Bertz CT molecular complexity index is 1730. The van der Waals surface area contributed by atoms with Crippen molar-refractivity contribution >= 4 is 11.7 Å². The van der Waals surface area contributed by atoms with Crippen molar-refractivity contribution in [3.63, 3.8) is 0 Å². The van der Waals surface area contributed by atoms with E-state index in [1.807, 2.05) is 0 Å². The van der Waals surface area contributed by atoms with Crippen LogP contribution in [0.3, 0.4) is 0 Å². The predicted octanol–water partition coefficient (Wildman–Crippen LogP) is 7.30. The Labute approximate surface area is 255 Å². The molecule has 0 bridgehead atoms. The molecule has 12 heteroatoms. The first-order valence-corrected chi connectivity index (χ1v) is 14.6. The van der Waals surface area contributed by atoms with Crippen molar-refractivity contribution in [2.75, 3.05) is 0 Å². The molecule has 0 fully saturated rings. The minimum atomic E-state index is -4.68. The molecule has 0 spiro atoms. The van der Waals surface area contributed by atoms with Crippen LogP contribution in [-0.4, -0.2) is 26.5 Å². The topological polar surface area (TPSA) is 90.9 Å². The smallest absolute Gasteiger partial charge is 0.366 e. The van der Waals surface area contributed by atoms with Crippen molar-refractivity contribution in [2.24, 2.45) is 5.73 Å². The number of carbonyl (C=O) groups excluding carboxylic acids is 2. The lowest BCUT2D eigenvalue weighted by atomic mass is 9.85. The number of carbonyl (C=O) groups is 2. The van der Waals surface area contributed by atoms with E-state index in [9.17, 15) is 35.9 Å². The molecule has 2 aromatic heterocycles. The molecule has 1 aliphatic rings. The maximum Gasteiger partial charge on any atom is 0.435 e. The number of rotatable bonds is 10. The molecule has 4 aromatic rings. The van der Waals surface area contributed by atoms with Crippen LogP contribution in [-0.2, 0) is 30.2 Å². The zero-order chi connectivity index (χ0) is 32.5. The van der Waals surface area contributed by atoms with E-state index in [2.05, 4.69) is 10.1 Å². The number of nitrogens with zero attached hydrogens (tertiary/aromatic N) is 3. The lowest BCUT2D eigenvalue weighted by molar-refractivity contribution is -0.142. The SMILES string of the molecule is CCC(C(=O)C[C@@H](Cc1cc(F)cc(F)c1)c1ncccc1-c1ccc(F)c(C(N)=O)c1)n1nc(C(F)(F)F)c2c1CCCC2. The van der Waals surface area contributed by atoms with Gasteiger partial charge in [0.2, 0.25) is 0 Å². The number of amides is 1. The van der Waals surface area contributed by atoms with Crippen molar-refractivity contribution in [1.29, 1.82) is 0 Å². The second kappa shape index (κ2) is 12.9. The van der Waals surface area contributed by atoms with Gasteiger partial charge in [0, 0.05) is 41.4 Å². The Morgan fingerprint density at radius 1 is 1.00 bits per heavy atom. The molecular weight excluding hydrogens is 598 g/mol. The van der Waals surface area contributed by atoms with E-state index < -0.39 is 53.0 Å². The number of pyridine rings is 1.